The van der Waals surface area contributed by atoms with Gasteiger partial charge in [-0.05, 0) is 62.1 Å². The minimum absolute atomic E-state index is 0.0368. The molecule has 11 heteroatoms. The van der Waals surface area contributed by atoms with Crippen molar-refractivity contribution < 1.29 is 18.0 Å². The lowest BCUT2D eigenvalue weighted by Crippen LogP contribution is -2.53. The predicted octanol–water partition coefficient (Wildman–Crippen LogP) is 5.70. The molecule has 1 aliphatic carbocycles. The van der Waals surface area contributed by atoms with Crippen molar-refractivity contribution in [2.24, 2.45) is 0 Å². The molecule has 0 aliphatic heterocycles. The summed E-state index contributed by atoms with van der Waals surface area (Å²) in [6.45, 7) is 3.14. The molecule has 7 nitrogen and oxygen atoms in total. The smallest absolute Gasteiger partial charge is 0.244 e. The molecule has 0 heterocycles. The van der Waals surface area contributed by atoms with Crippen molar-refractivity contribution in [3.8, 4) is 0 Å². The van der Waals surface area contributed by atoms with Gasteiger partial charge >= 0.3 is 0 Å². The van der Waals surface area contributed by atoms with Crippen molar-refractivity contribution in [2.45, 2.75) is 64.6 Å². The van der Waals surface area contributed by atoms with E-state index in [4.69, 9.17) is 23.2 Å². The molecule has 1 fully saturated rings. The number of anilines is 1. The number of nitrogens with one attached hydrogen (secondary N) is 1. The Balaban J connectivity index is 1.98. The van der Waals surface area contributed by atoms with Crippen LogP contribution in [0.25, 0.3) is 0 Å². The molecule has 3 rings (SSSR count). The molecule has 1 N–H and O–H groups in total. The Bertz CT molecular complexity index is 1230. The standard InChI is InChI=1S/C26H32BrCl2N3O4S/c1-4-24(26(34)30-18-8-5-6-9-18)31(15-20-22(28)10-7-11-23(20)29)25(33)16-32(37(3,35)36)19-12-13-21(27)17(2)14-19/h7,10-14,18,24H,4-6,8-9,15-16H2,1-3H3,(H,30,34). The van der Waals surface area contributed by atoms with Crippen molar-refractivity contribution in [1.29, 1.82) is 0 Å². The van der Waals surface area contributed by atoms with Gasteiger partial charge in [0.25, 0.3) is 0 Å². The van der Waals surface area contributed by atoms with Gasteiger partial charge in [-0.2, -0.15) is 0 Å². The summed E-state index contributed by atoms with van der Waals surface area (Å²) in [6, 6.07) is 9.33. The van der Waals surface area contributed by atoms with Gasteiger partial charge in [0, 0.05) is 32.7 Å². The molecule has 202 valence electrons. The number of carbonyl (C=O) groups excluding carboxylic acids is 2. The zero-order valence-corrected chi connectivity index (χ0v) is 25.1. The number of sulfonamides is 1. The van der Waals surface area contributed by atoms with Crippen molar-refractivity contribution in [2.75, 3.05) is 17.1 Å². The highest BCUT2D eigenvalue weighted by Crippen LogP contribution is 2.29. The molecule has 2 aromatic carbocycles. The fourth-order valence-corrected chi connectivity index (χ4v) is 6.14. The molecule has 37 heavy (non-hydrogen) atoms. The number of carbonyl (C=O) groups is 2. The maximum atomic E-state index is 13.8. The maximum Gasteiger partial charge on any atom is 0.244 e. The molecule has 0 bridgehead atoms. The van der Waals surface area contributed by atoms with E-state index in [0.717, 1.165) is 46.3 Å². The van der Waals surface area contributed by atoms with E-state index >= 15 is 0 Å². The van der Waals surface area contributed by atoms with Crippen LogP contribution >= 0.6 is 39.1 Å². The van der Waals surface area contributed by atoms with E-state index in [2.05, 4.69) is 21.2 Å². The van der Waals surface area contributed by atoms with Gasteiger partial charge in [-0.3, -0.25) is 13.9 Å². The summed E-state index contributed by atoms with van der Waals surface area (Å²) in [5.74, 6) is -0.799. The molecule has 0 radical (unpaired) electrons. The molecule has 1 unspecified atom stereocenters. The molecule has 0 aromatic heterocycles. The molecule has 1 saturated carbocycles. The fourth-order valence-electron chi connectivity index (χ4n) is 4.54. The molecule has 0 saturated heterocycles. The van der Waals surface area contributed by atoms with Crippen LogP contribution in [0.3, 0.4) is 0 Å². The topological polar surface area (TPSA) is 86.8 Å². The van der Waals surface area contributed by atoms with Crippen molar-refractivity contribution in [1.82, 2.24) is 10.2 Å². The average molecular weight is 633 g/mol. The highest BCUT2D eigenvalue weighted by Gasteiger charge is 2.33. The van der Waals surface area contributed by atoms with Gasteiger partial charge in [0.15, 0.2) is 0 Å². The normalized spacial score (nSPS) is 14.9. The fraction of sp³-hybridized carbons (Fsp3) is 0.462. The second-order valence-electron chi connectivity index (χ2n) is 9.34. The van der Waals surface area contributed by atoms with Gasteiger partial charge in [-0.25, -0.2) is 8.42 Å². The van der Waals surface area contributed by atoms with Gasteiger partial charge in [0.1, 0.15) is 12.6 Å². The summed E-state index contributed by atoms with van der Waals surface area (Å²) >= 11 is 16.3. The number of halogens is 3. The van der Waals surface area contributed by atoms with Crippen LogP contribution in [0.5, 0.6) is 0 Å². The Labute approximate surface area is 237 Å². The van der Waals surface area contributed by atoms with Crippen LogP contribution in [0.4, 0.5) is 5.69 Å². The van der Waals surface area contributed by atoms with Crippen LogP contribution in [0.2, 0.25) is 10.0 Å². The van der Waals surface area contributed by atoms with E-state index in [0.29, 0.717) is 27.7 Å². The van der Waals surface area contributed by atoms with Crippen molar-refractivity contribution in [3.05, 3.63) is 62.0 Å². The summed E-state index contributed by atoms with van der Waals surface area (Å²) in [5.41, 5.74) is 1.67. The number of amides is 2. The van der Waals surface area contributed by atoms with Gasteiger partial charge in [0.2, 0.25) is 21.8 Å². The van der Waals surface area contributed by atoms with E-state index in [1.165, 1.54) is 4.90 Å². The quantitative estimate of drug-likeness (QED) is 0.364. The summed E-state index contributed by atoms with van der Waals surface area (Å²) in [6.07, 6.45) is 5.29. The average Bonchev–Trinajstić information content (AvgIpc) is 3.33. The first kappa shape index (κ1) is 29.7. The van der Waals surface area contributed by atoms with Crippen LogP contribution in [0.1, 0.15) is 50.2 Å². The third-order valence-corrected chi connectivity index (χ3v) is 9.32. The number of rotatable bonds is 10. The Kier molecular flexibility index (Phi) is 10.3. The molecule has 1 aliphatic rings. The number of nitrogens with zero attached hydrogens (tertiary/aromatic N) is 2. The van der Waals surface area contributed by atoms with Gasteiger partial charge in [0.05, 0.1) is 11.9 Å². The third kappa shape index (κ3) is 7.62. The predicted molar refractivity (Wildman–Crippen MR) is 153 cm³/mol. The SMILES string of the molecule is CCC(C(=O)NC1CCCC1)N(Cc1c(Cl)cccc1Cl)C(=O)CN(c1ccc(Br)c(C)c1)S(C)(=O)=O. The first-order valence-corrected chi connectivity index (χ1v) is 15.6. The van der Waals surface area contributed by atoms with Crippen LogP contribution < -0.4 is 9.62 Å². The minimum Gasteiger partial charge on any atom is -0.352 e. The largest absolute Gasteiger partial charge is 0.352 e. The molecule has 1 atom stereocenters. The second-order valence-corrected chi connectivity index (χ2v) is 12.9. The van der Waals surface area contributed by atoms with Crippen LogP contribution in [0.15, 0.2) is 40.9 Å². The summed E-state index contributed by atoms with van der Waals surface area (Å²) in [5, 5.41) is 3.80. The van der Waals surface area contributed by atoms with Crippen LogP contribution in [0, 0.1) is 6.92 Å². The van der Waals surface area contributed by atoms with Crippen molar-refractivity contribution >= 4 is 66.7 Å². The van der Waals surface area contributed by atoms with E-state index in [1.807, 2.05) is 13.8 Å². The third-order valence-electron chi connectivity index (χ3n) is 6.59. The van der Waals surface area contributed by atoms with E-state index in [-0.39, 0.29) is 18.5 Å². The summed E-state index contributed by atoms with van der Waals surface area (Å²) in [7, 11) is -3.82. The highest BCUT2D eigenvalue weighted by molar-refractivity contribution is 9.10. The van der Waals surface area contributed by atoms with E-state index in [1.54, 1.807) is 36.4 Å². The Morgan fingerprint density at radius 2 is 1.76 bits per heavy atom. The molecular weight excluding hydrogens is 601 g/mol. The van der Waals surface area contributed by atoms with Crippen LogP contribution in [-0.4, -0.2) is 50.0 Å². The number of hydrogen-bond acceptors (Lipinski definition) is 4. The Hall–Kier alpha value is -1.81. The van der Waals surface area contributed by atoms with Gasteiger partial charge in [-0.15, -0.1) is 0 Å². The molecular formula is C26H32BrCl2N3O4S. The Morgan fingerprint density at radius 3 is 2.30 bits per heavy atom. The minimum atomic E-state index is -3.82. The lowest BCUT2D eigenvalue weighted by molar-refractivity contribution is -0.140. The lowest BCUT2D eigenvalue weighted by atomic mass is 10.1. The molecule has 2 aromatic rings. The first-order valence-electron chi connectivity index (χ1n) is 12.2. The zero-order chi connectivity index (χ0) is 27.3. The first-order chi connectivity index (χ1) is 17.4. The number of aryl methyl sites for hydroxylation is 1. The number of benzene rings is 2. The Morgan fingerprint density at radius 1 is 1.14 bits per heavy atom. The molecule has 0 spiro atoms. The maximum absolute atomic E-state index is 13.8. The van der Waals surface area contributed by atoms with E-state index < -0.39 is 28.5 Å². The summed E-state index contributed by atoms with van der Waals surface area (Å²) in [4.78, 5) is 28.6. The summed E-state index contributed by atoms with van der Waals surface area (Å²) < 4.78 is 27.4. The van der Waals surface area contributed by atoms with E-state index in [9.17, 15) is 18.0 Å². The van der Waals surface area contributed by atoms with Gasteiger partial charge < -0.3 is 10.2 Å². The van der Waals surface area contributed by atoms with Crippen LogP contribution in [-0.2, 0) is 26.2 Å². The highest BCUT2D eigenvalue weighted by atomic mass is 79.9. The second kappa shape index (κ2) is 12.8. The zero-order valence-electron chi connectivity index (χ0n) is 21.1. The van der Waals surface area contributed by atoms with Gasteiger partial charge in [-0.1, -0.05) is 65.0 Å². The monoisotopic (exact) mass is 631 g/mol. The number of hydrogen-bond donors (Lipinski definition) is 1. The molecule has 2 amide bonds. The lowest BCUT2D eigenvalue weighted by Gasteiger charge is -2.34. The van der Waals surface area contributed by atoms with Crippen molar-refractivity contribution in [3.63, 3.8) is 0 Å².